The van der Waals surface area contributed by atoms with Gasteiger partial charge in [0.05, 0.1) is 13.2 Å². The van der Waals surface area contributed by atoms with Gasteiger partial charge in [-0.1, -0.05) is 71.6 Å². The third-order valence-electron chi connectivity index (χ3n) is 5.99. The summed E-state index contributed by atoms with van der Waals surface area (Å²) in [6.45, 7) is 5.40. The Kier molecular flexibility index (Phi) is 17.0. The molecule has 0 rings (SSSR count). The summed E-state index contributed by atoms with van der Waals surface area (Å²) in [7, 11) is -0.315. The number of hydrogen-bond acceptors (Lipinski definition) is 8. The predicted molar refractivity (Wildman–Crippen MR) is 125 cm³/mol. The fourth-order valence-electron chi connectivity index (χ4n) is 3.63. The molecule has 5 N–H and O–H groups in total. The van der Waals surface area contributed by atoms with Crippen LogP contribution in [0.1, 0.15) is 92.8 Å². The molecule has 0 spiro atoms. The number of rotatable bonds is 20. The summed E-state index contributed by atoms with van der Waals surface area (Å²) in [6, 6.07) is -1.62. The molecule has 0 aliphatic heterocycles. The Hall–Kier alpha value is -0.770. The Balaban J connectivity index is 5.07. The number of unbranched alkanes of at least 4 members (excludes halogenated alkanes) is 8. The lowest BCUT2D eigenvalue weighted by atomic mass is 9.95. The second kappa shape index (κ2) is 18.6. The van der Waals surface area contributed by atoms with E-state index in [2.05, 4.69) is 6.92 Å². The highest BCUT2D eigenvalue weighted by Gasteiger charge is 2.42. The van der Waals surface area contributed by atoms with Crippen LogP contribution in [0.2, 0.25) is 0 Å². The quantitative estimate of drug-likeness (QED) is 0.137. The second-order valence-electron chi connectivity index (χ2n) is 8.81. The summed E-state index contributed by atoms with van der Waals surface area (Å²) < 4.78 is 13.3. The topological polar surface area (TPSA) is 131 Å². The van der Waals surface area contributed by atoms with E-state index in [0.717, 1.165) is 32.1 Å². The number of aliphatic hydroxyl groups is 5. The summed E-state index contributed by atoms with van der Waals surface area (Å²) in [4.78, 5) is 14.4. The zero-order valence-electron chi connectivity index (χ0n) is 21.4. The van der Waals surface area contributed by atoms with Crippen molar-refractivity contribution in [2.45, 2.75) is 128 Å². The first-order chi connectivity index (χ1) is 15.8. The van der Waals surface area contributed by atoms with Gasteiger partial charge in [0.25, 0.3) is 0 Å². The molecule has 0 aliphatic rings. The molecule has 0 aromatic carbocycles. The van der Waals surface area contributed by atoms with E-state index in [-0.39, 0.29) is 19.7 Å². The van der Waals surface area contributed by atoms with Gasteiger partial charge in [-0.15, -0.1) is 0 Å². The lowest BCUT2D eigenvalue weighted by molar-refractivity contribution is -0.168. The number of carbonyl (C=O) groups is 1. The summed E-state index contributed by atoms with van der Waals surface area (Å²) in [6.07, 6.45) is 3.95. The van der Waals surface area contributed by atoms with Crippen molar-refractivity contribution in [3.05, 3.63) is 0 Å². The summed E-state index contributed by atoms with van der Waals surface area (Å²) in [5.41, 5.74) is 0. The van der Waals surface area contributed by atoms with Crippen molar-refractivity contribution in [2.24, 2.45) is 0 Å². The maximum atomic E-state index is 12.9. The van der Waals surface area contributed by atoms with Gasteiger partial charge in [-0.2, -0.15) is 0 Å². The highest BCUT2D eigenvalue weighted by molar-refractivity contribution is 5.76. The number of nitrogens with zero attached hydrogens (tertiary/aromatic N) is 1. The zero-order valence-corrected chi connectivity index (χ0v) is 20.4. The average molecular weight is 465 g/mol. The minimum absolute atomic E-state index is 0.171. The molecule has 0 bridgehead atoms. The number of carbonyl (C=O) groups excluding carboxylic acids is 1. The summed E-state index contributed by atoms with van der Waals surface area (Å²) >= 11 is 0. The van der Waals surface area contributed by atoms with Crippen LogP contribution in [-0.2, 0) is 9.53 Å². The monoisotopic (exact) mass is 464 g/mol. The van der Waals surface area contributed by atoms with Crippen LogP contribution in [-0.4, -0.2) is 93.1 Å². The van der Waals surface area contributed by atoms with E-state index in [1.807, 2.05) is 13.8 Å². The van der Waals surface area contributed by atoms with Gasteiger partial charge in [0.15, 0.2) is 0 Å². The van der Waals surface area contributed by atoms with Gasteiger partial charge in [-0.3, -0.25) is 9.69 Å². The van der Waals surface area contributed by atoms with Crippen LogP contribution in [0.15, 0.2) is 0 Å². The lowest BCUT2D eigenvalue weighted by Gasteiger charge is -2.37. The van der Waals surface area contributed by atoms with Gasteiger partial charge in [-0.25, -0.2) is 0 Å². The maximum absolute atomic E-state index is 12.9. The van der Waals surface area contributed by atoms with Gasteiger partial charge < -0.3 is 30.3 Å². The molecule has 0 aliphatic carbocycles. The maximum Gasteiger partial charge on any atom is 0.326 e. The molecule has 6 atom stereocenters. The molecule has 0 saturated carbocycles. The van der Waals surface area contributed by atoms with E-state index in [1.54, 1.807) is 0 Å². The Labute approximate surface area is 196 Å². The van der Waals surface area contributed by atoms with Crippen molar-refractivity contribution in [1.82, 2.24) is 4.90 Å². The predicted octanol–water partition coefficient (Wildman–Crippen LogP) is 1.99. The van der Waals surface area contributed by atoms with Gasteiger partial charge >= 0.3 is 5.97 Å². The van der Waals surface area contributed by atoms with E-state index in [4.69, 9.17) is 11.2 Å². The third-order valence-corrected chi connectivity index (χ3v) is 5.99. The van der Waals surface area contributed by atoms with E-state index >= 15 is 0 Å². The van der Waals surface area contributed by atoms with E-state index in [9.17, 15) is 25.2 Å². The molecule has 0 fully saturated rings. The molecule has 0 aromatic rings. The molecule has 8 nitrogen and oxygen atoms in total. The Bertz CT molecular complexity index is 486. The lowest BCUT2D eigenvalue weighted by Crippen LogP contribution is -2.58. The largest absolute Gasteiger partial charge is 0.464 e. The first kappa shape index (κ1) is 29.3. The van der Waals surface area contributed by atoms with Gasteiger partial charge in [-0.05, 0) is 26.8 Å². The molecule has 192 valence electrons. The van der Waals surface area contributed by atoms with Crippen LogP contribution in [0.3, 0.4) is 0 Å². The number of ether oxygens (including phenoxy) is 1. The molecule has 2 unspecified atom stereocenters. The summed E-state index contributed by atoms with van der Waals surface area (Å²) in [5.74, 6) is -0.772. The molecule has 8 heteroatoms. The second-order valence-corrected chi connectivity index (χ2v) is 8.81. The minimum atomic E-state index is -1.90. The van der Waals surface area contributed by atoms with Crippen molar-refractivity contribution >= 4 is 5.97 Å². The Morgan fingerprint density at radius 2 is 1.44 bits per heavy atom. The van der Waals surface area contributed by atoms with Crippen molar-refractivity contribution in [1.29, 1.82) is 0 Å². The normalized spacial score (nSPS) is 18.0. The Morgan fingerprint density at radius 1 is 0.875 bits per heavy atom. The Morgan fingerprint density at radius 3 is 1.97 bits per heavy atom. The van der Waals surface area contributed by atoms with Gasteiger partial charge in [0.1, 0.15) is 30.5 Å². The minimum Gasteiger partial charge on any atom is -0.464 e. The highest BCUT2D eigenvalue weighted by atomic mass is 16.5. The van der Waals surface area contributed by atoms with Crippen molar-refractivity contribution in [3.8, 4) is 0 Å². The standard InChI is InChI=1S/C24H49NO7/c1-5-7-9-10-11-12-13-14-16-32-24(31)20(25(4)18(3)15-8-6-2)22(29)23(30)21(28)19(27)17-26/h18-23,26-30H,5-17H2,1-4H3/t18?,19-,20?,21-,22+,23+/m1/s1/i4D. The zero-order chi connectivity index (χ0) is 25.2. The van der Waals surface area contributed by atoms with Crippen LogP contribution in [0.4, 0.5) is 0 Å². The van der Waals surface area contributed by atoms with Crippen LogP contribution in [0, 0.1) is 0 Å². The molecule has 0 heterocycles. The van der Waals surface area contributed by atoms with Crippen LogP contribution >= 0.6 is 0 Å². The van der Waals surface area contributed by atoms with Crippen LogP contribution in [0.25, 0.3) is 0 Å². The van der Waals surface area contributed by atoms with Crippen molar-refractivity contribution < 1.29 is 36.4 Å². The van der Waals surface area contributed by atoms with E-state index < -0.39 is 43.0 Å². The number of likely N-dealkylation sites (N-methyl/N-ethyl adjacent to an activating group) is 1. The van der Waals surface area contributed by atoms with Crippen molar-refractivity contribution in [3.63, 3.8) is 0 Å². The first-order valence-electron chi connectivity index (χ1n) is 13.0. The molecular formula is C24H49NO7. The third kappa shape index (κ3) is 11.9. The first-order valence-corrected chi connectivity index (χ1v) is 12.3. The number of esters is 1. The fraction of sp³-hybridized carbons (Fsp3) is 0.958. The van der Waals surface area contributed by atoms with Crippen LogP contribution in [0.5, 0.6) is 0 Å². The molecule has 0 saturated heterocycles. The molecular weight excluding hydrogens is 414 g/mol. The highest BCUT2D eigenvalue weighted by Crippen LogP contribution is 2.19. The van der Waals surface area contributed by atoms with Crippen LogP contribution < -0.4 is 0 Å². The SMILES string of the molecule is [2H]CN(C(C)CCCC)C(C(=O)OCCCCCCCCCC)[C@H](O)[C@@H](O)[C@H](O)[C@H](O)CO. The molecule has 0 radical (unpaired) electrons. The van der Waals surface area contributed by atoms with E-state index in [1.165, 1.54) is 30.6 Å². The molecule has 0 amide bonds. The number of aliphatic hydroxyl groups excluding tert-OH is 5. The molecule has 32 heavy (non-hydrogen) atoms. The van der Waals surface area contributed by atoms with Gasteiger partial charge in [0, 0.05) is 7.41 Å². The number of hydrogen-bond donors (Lipinski definition) is 5. The average Bonchev–Trinajstić information content (AvgIpc) is 2.82. The van der Waals surface area contributed by atoms with Gasteiger partial charge in [0.2, 0.25) is 0 Å². The smallest absolute Gasteiger partial charge is 0.326 e. The molecule has 0 aromatic heterocycles. The fourth-order valence-corrected chi connectivity index (χ4v) is 3.63. The van der Waals surface area contributed by atoms with Crippen molar-refractivity contribution in [2.75, 3.05) is 20.2 Å². The van der Waals surface area contributed by atoms with E-state index in [0.29, 0.717) is 12.8 Å². The summed E-state index contributed by atoms with van der Waals surface area (Å²) in [5, 5.41) is 49.8.